The van der Waals surface area contributed by atoms with E-state index in [1.165, 1.54) is 6.26 Å². The molecule has 18 heavy (non-hydrogen) atoms. The Morgan fingerprint density at radius 2 is 2.00 bits per heavy atom. The molecule has 4 nitrogen and oxygen atoms in total. The first-order valence-corrected chi connectivity index (χ1v) is 9.02. The summed E-state index contributed by atoms with van der Waals surface area (Å²) in [7, 11) is -2.91. The number of likely N-dealkylation sites (tertiary alicyclic amines) is 1. The predicted molar refractivity (Wildman–Crippen MR) is 74.2 cm³/mol. The summed E-state index contributed by atoms with van der Waals surface area (Å²) < 4.78 is 23.7. The Hall–Kier alpha value is -0.130. The average Bonchev–Trinajstić information content (AvgIpc) is 2.78. The standard InChI is InChI=1S/C13H26N2O2S/c1-10-6-7-15(9-11(10)8-14)12-4-3-5-13(12)18(2,16)17/h10-13H,3-9,14H2,1-2H3. The summed E-state index contributed by atoms with van der Waals surface area (Å²) >= 11 is 0. The lowest BCUT2D eigenvalue weighted by Gasteiger charge is -2.41. The number of nitrogens with zero attached hydrogens (tertiary/aromatic N) is 1. The lowest BCUT2D eigenvalue weighted by molar-refractivity contribution is 0.0941. The van der Waals surface area contributed by atoms with E-state index in [4.69, 9.17) is 5.73 Å². The van der Waals surface area contributed by atoms with Gasteiger partial charge in [0.25, 0.3) is 0 Å². The Morgan fingerprint density at radius 1 is 1.28 bits per heavy atom. The molecule has 1 saturated carbocycles. The van der Waals surface area contributed by atoms with Crippen LogP contribution in [0.2, 0.25) is 0 Å². The third-order valence-corrected chi connectivity index (χ3v) is 6.53. The highest BCUT2D eigenvalue weighted by molar-refractivity contribution is 7.91. The van der Waals surface area contributed by atoms with Crippen molar-refractivity contribution in [2.24, 2.45) is 17.6 Å². The van der Waals surface area contributed by atoms with Gasteiger partial charge >= 0.3 is 0 Å². The van der Waals surface area contributed by atoms with Gasteiger partial charge in [0.1, 0.15) is 0 Å². The summed E-state index contributed by atoms with van der Waals surface area (Å²) in [5, 5.41) is -0.149. The van der Waals surface area contributed by atoms with Crippen LogP contribution in [-0.2, 0) is 9.84 Å². The number of sulfone groups is 1. The normalized spacial score (nSPS) is 39.1. The van der Waals surface area contributed by atoms with Gasteiger partial charge in [-0.1, -0.05) is 13.3 Å². The molecule has 1 aliphatic heterocycles. The second-order valence-corrected chi connectivity index (χ2v) is 8.39. The van der Waals surface area contributed by atoms with Gasteiger partial charge in [-0.05, 0) is 44.2 Å². The van der Waals surface area contributed by atoms with Crippen LogP contribution in [-0.4, -0.2) is 50.5 Å². The highest BCUT2D eigenvalue weighted by atomic mass is 32.2. The molecule has 4 atom stereocenters. The minimum absolute atomic E-state index is 0.149. The molecule has 0 radical (unpaired) electrons. The predicted octanol–water partition coefficient (Wildman–Crippen LogP) is 0.869. The number of hydrogen-bond acceptors (Lipinski definition) is 4. The molecular formula is C13H26N2O2S. The maximum atomic E-state index is 11.9. The zero-order chi connectivity index (χ0) is 13.3. The van der Waals surface area contributed by atoms with Crippen molar-refractivity contribution in [2.45, 2.75) is 43.9 Å². The molecule has 1 heterocycles. The molecule has 5 heteroatoms. The van der Waals surface area contributed by atoms with E-state index in [0.717, 1.165) is 38.8 Å². The average molecular weight is 274 g/mol. The molecule has 0 spiro atoms. The van der Waals surface area contributed by atoms with E-state index >= 15 is 0 Å². The van der Waals surface area contributed by atoms with E-state index < -0.39 is 9.84 Å². The first-order chi connectivity index (χ1) is 8.43. The first kappa shape index (κ1) is 14.3. The number of piperidine rings is 1. The molecule has 2 rings (SSSR count). The molecule has 0 aromatic carbocycles. The summed E-state index contributed by atoms with van der Waals surface area (Å²) in [5.74, 6) is 1.20. The van der Waals surface area contributed by atoms with Crippen LogP contribution in [0, 0.1) is 11.8 Å². The maximum Gasteiger partial charge on any atom is 0.151 e. The summed E-state index contributed by atoms with van der Waals surface area (Å²) in [4.78, 5) is 2.40. The Labute approximate surface area is 111 Å². The fraction of sp³-hybridized carbons (Fsp3) is 1.00. The van der Waals surface area contributed by atoms with Crippen LogP contribution in [0.5, 0.6) is 0 Å². The quantitative estimate of drug-likeness (QED) is 0.829. The van der Waals surface area contributed by atoms with E-state index in [2.05, 4.69) is 11.8 Å². The van der Waals surface area contributed by atoms with Crippen molar-refractivity contribution in [1.82, 2.24) is 4.90 Å². The van der Waals surface area contributed by atoms with Crippen LogP contribution >= 0.6 is 0 Å². The zero-order valence-electron chi connectivity index (χ0n) is 11.5. The second kappa shape index (κ2) is 5.47. The summed E-state index contributed by atoms with van der Waals surface area (Å²) in [6.07, 6.45) is 5.45. The summed E-state index contributed by atoms with van der Waals surface area (Å²) in [6, 6.07) is 0.238. The van der Waals surface area contributed by atoms with E-state index in [1.54, 1.807) is 0 Å². The number of nitrogens with two attached hydrogens (primary N) is 1. The van der Waals surface area contributed by atoms with Crippen molar-refractivity contribution in [3.8, 4) is 0 Å². The Morgan fingerprint density at radius 3 is 2.61 bits per heavy atom. The van der Waals surface area contributed by atoms with Crippen LogP contribution < -0.4 is 5.73 Å². The molecule has 2 N–H and O–H groups in total. The molecule has 0 amide bonds. The third kappa shape index (κ3) is 2.89. The fourth-order valence-corrected chi connectivity index (χ4v) is 5.08. The highest BCUT2D eigenvalue weighted by Crippen LogP contribution is 2.33. The van der Waals surface area contributed by atoms with Gasteiger partial charge in [0.15, 0.2) is 9.84 Å². The maximum absolute atomic E-state index is 11.9. The minimum Gasteiger partial charge on any atom is -0.330 e. The molecule has 106 valence electrons. The van der Waals surface area contributed by atoms with Crippen LogP contribution in [0.15, 0.2) is 0 Å². The lowest BCUT2D eigenvalue weighted by atomic mass is 9.86. The molecule has 2 fully saturated rings. The van der Waals surface area contributed by atoms with E-state index in [-0.39, 0.29) is 11.3 Å². The molecule has 0 aromatic rings. The SMILES string of the molecule is CC1CCN(C2CCCC2S(C)(=O)=O)CC1CN. The molecule has 0 aromatic heterocycles. The fourth-order valence-electron chi connectivity index (χ4n) is 3.61. The van der Waals surface area contributed by atoms with Crippen molar-refractivity contribution in [3.63, 3.8) is 0 Å². The van der Waals surface area contributed by atoms with Crippen molar-refractivity contribution in [1.29, 1.82) is 0 Å². The van der Waals surface area contributed by atoms with Gasteiger partial charge in [0, 0.05) is 18.8 Å². The minimum atomic E-state index is -2.91. The second-order valence-electron chi connectivity index (χ2n) is 6.12. The van der Waals surface area contributed by atoms with Crippen molar-refractivity contribution >= 4 is 9.84 Å². The largest absolute Gasteiger partial charge is 0.330 e. The van der Waals surface area contributed by atoms with Gasteiger partial charge in [0.2, 0.25) is 0 Å². The van der Waals surface area contributed by atoms with Gasteiger partial charge in [-0.3, -0.25) is 4.90 Å². The molecule has 1 aliphatic carbocycles. The molecular weight excluding hydrogens is 248 g/mol. The zero-order valence-corrected chi connectivity index (χ0v) is 12.3. The van der Waals surface area contributed by atoms with Crippen LogP contribution in [0.3, 0.4) is 0 Å². The van der Waals surface area contributed by atoms with E-state index in [1.807, 2.05) is 0 Å². The Kier molecular flexibility index (Phi) is 4.34. The topological polar surface area (TPSA) is 63.4 Å². The lowest BCUT2D eigenvalue weighted by Crippen LogP contribution is -2.51. The van der Waals surface area contributed by atoms with E-state index in [9.17, 15) is 8.42 Å². The van der Waals surface area contributed by atoms with Gasteiger partial charge in [-0.25, -0.2) is 8.42 Å². The third-order valence-electron chi connectivity index (χ3n) is 4.88. The highest BCUT2D eigenvalue weighted by Gasteiger charge is 2.40. The van der Waals surface area contributed by atoms with Crippen LogP contribution in [0.1, 0.15) is 32.6 Å². The number of rotatable bonds is 3. The smallest absolute Gasteiger partial charge is 0.151 e. The van der Waals surface area contributed by atoms with Crippen LogP contribution in [0.4, 0.5) is 0 Å². The van der Waals surface area contributed by atoms with Gasteiger partial charge in [-0.15, -0.1) is 0 Å². The van der Waals surface area contributed by atoms with Gasteiger partial charge in [0.05, 0.1) is 5.25 Å². The molecule has 4 unspecified atom stereocenters. The van der Waals surface area contributed by atoms with Crippen molar-refractivity contribution in [3.05, 3.63) is 0 Å². The first-order valence-electron chi connectivity index (χ1n) is 7.06. The molecule has 2 aliphatic rings. The Balaban J connectivity index is 2.07. The summed E-state index contributed by atoms with van der Waals surface area (Å²) in [5.41, 5.74) is 5.83. The Bertz CT molecular complexity index is 382. The van der Waals surface area contributed by atoms with Crippen LogP contribution in [0.25, 0.3) is 0 Å². The molecule has 1 saturated heterocycles. The number of hydrogen-bond donors (Lipinski definition) is 1. The van der Waals surface area contributed by atoms with Crippen molar-refractivity contribution < 1.29 is 8.42 Å². The van der Waals surface area contributed by atoms with E-state index in [0.29, 0.717) is 18.4 Å². The van der Waals surface area contributed by atoms with Gasteiger partial charge < -0.3 is 5.73 Å². The van der Waals surface area contributed by atoms with Gasteiger partial charge in [-0.2, -0.15) is 0 Å². The van der Waals surface area contributed by atoms with Crippen molar-refractivity contribution in [2.75, 3.05) is 25.9 Å². The summed E-state index contributed by atoms with van der Waals surface area (Å²) in [6.45, 7) is 4.99. The molecule has 0 bridgehead atoms. The monoisotopic (exact) mass is 274 g/mol.